The van der Waals surface area contributed by atoms with Gasteiger partial charge in [0.25, 0.3) is 11.5 Å². The van der Waals surface area contributed by atoms with Crippen molar-refractivity contribution in [3.8, 4) is 5.75 Å². The van der Waals surface area contributed by atoms with E-state index in [-0.39, 0.29) is 11.3 Å². The Morgan fingerprint density at radius 3 is 2.93 bits per heavy atom. The SMILES string of the molecule is Cc1cc(Cl)ccc1NC(=O)c1c(O)c2c3c(sc2[nH]c1=O)C[C@@H](C)CC3. The van der Waals surface area contributed by atoms with Gasteiger partial charge in [-0.3, -0.25) is 9.59 Å². The number of aromatic amines is 1. The van der Waals surface area contributed by atoms with E-state index < -0.39 is 11.5 Å². The molecule has 1 aliphatic rings. The van der Waals surface area contributed by atoms with Crippen molar-refractivity contribution in [1.82, 2.24) is 4.98 Å². The minimum Gasteiger partial charge on any atom is -0.506 e. The van der Waals surface area contributed by atoms with Crippen LogP contribution in [-0.4, -0.2) is 16.0 Å². The number of halogens is 1. The van der Waals surface area contributed by atoms with Gasteiger partial charge in [-0.1, -0.05) is 18.5 Å². The summed E-state index contributed by atoms with van der Waals surface area (Å²) in [6.45, 7) is 4.01. The van der Waals surface area contributed by atoms with E-state index in [1.54, 1.807) is 18.2 Å². The average molecular weight is 403 g/mol. The van der Waals surface area contributed by atoms with E-state index in [0.29, 0.717) is 26.8 Å². The Morgan fingerprint density at radius 1 is 1.41 bits per heavy atom. The Labute approximate surface area is 165 Å². The first-order valence-corrected chi connectivity index (χ1v) is 10.0. The number of rotatable bonds is 2. The summed E-state index contributed by atoms with van der Waals surface area (Å²) in [4.78, 5) is 29.9. The molecule has 0 saturated carbocycles. The van der Waals surface area contributed by atoms with E-state index in [4.69, 9.17) is 11.6 Å². The number of hydrogen-bond acceptors (Lipinski definition) is 4. The van der Waals surface area contributed by atoms with Crippen molar-refractivity contribution >= 4 is 44.7 Å². The minimum absolute atomic E-state index is 0.232. The van der Waals surface area contributed by atoms with Crippen LogP contribution >= 0.6 is 22.9 Å². The van der Waals surface area contributed by atoms with Crippen LogP contribution in [0.25, 0.3) is 10.2 Å². The van der Waals surface area contributed by atoms with Crippen molar-refractivity contribution in [3.63, 3.8) is 0 Å². The molecular formula is C20H19ClN2O3S. The summed E-state index contributed by atoms with van der Waals surface area (Å²) >= 11 is 7.44. The van der Waals surface area contributed by atoms with E-state index >= 15 is 0 Å². The molecule has 5 nitrogen and oxygen atoms in total. The number of aromatic nitrogens is 1. The molecule has 0 fully saturated rings. The highest BCUT2D eigenvalue weighted by Gasteiger charge is 2.27. The van der Waals surface area contributed by atoms with Gasteiger partial charge in [0.2, 0.25) is 0 Å². The van der Waals surface area contributed by atoms with Crippen molar-refractivity contribution in [2.45, 2.75) is 33.1 Å². The molecule has 0 saturated heterocycles. The number of nitrogens with one attached hydrogen (secondary N) is 2. The zero-order valence-electron chi connectivity index (χ0n) is 15.0. The Kier molecular flexibility index (Phi) is 4.48. The normalized spacial score (nSPS) is 16.3. The molecule has 140 valence electrons. The van der Waals surface area contributed by atoms with E-state index in [1.165, 1.54) is 16.2 Å². The number of aryl methyl sites for hydroxylation is 2. The fourth-order valence-electron chi connectivity index (χ4n) is 3.65. The largest absolute Gasteiger partial charge is 0.506 e. The summed E-state index contributed by atoms with van der Waals surface area (Å²) in [6, 6.07) is 5.06. The first kappa shape index (κ1) is 18.1. The Bertz CT molecular complexity index is 1130. The highest BCUT2D eigenvalue weighted by atomic mass is 35.5. The molecule has 7 heteroatoms. The lowest BCUT2D eigenvalue weighted by Crippen LogP contribution is -2.23. The summed E-state index contributed by atoms with van der Waals surface area (Å²) in [6.07, 6.45) is 2.80. The van der Waals surface area contributed by atoms with Crippen LogP contribution in [0, 0.1) is 12.8 Å². The lowest BCUT2D eigenvalue weighted by Gasteiger charge is -2.18. The zero-order chi connectivity index (χ0) is 19.3. The summed E-state index contributed by atoms with van der Waals surface area (Å²) in [5.74, 6) is -0.287. The number of hydrogen-bond donors (Lipinski definition) is 3. The number of aromatic hydroxyl groups is 1. The van der Waals surface area contributed by atoms with Gasteiger partial charge in [-0.2, -0.15) is 0 Å². The molecule has 27 heavy (non-hydrogen) atoms. The highest BCUT2D eigenvalue weighted by molar-refractivity contribution is 7.18. The predicted molar refractivity (Wildman–Crippen MR) is 109 cm³/mol. The van der Waals surface area contributed by atoms with Crippen molar-refractivity contribution in [2.24, 2.45) is 5.92 Å². The quantitative estimate of drug-likeness (QED) is 0.584. The molecule has 0 spiro atoms. The Hall–Kier alpha value is -2.31. The number of H-pyrrole nitrogens is 1. The van der Waals surface area contributed by atoms with Gasteiger partial charge in [-0.05, 0) is 61.4 Å². The highest BCUT2D eigenvalue weighted by Crippen LogP contribution is 2.41. The summed E-state index contributed by atoms with van der Waals surface area (Å²) in [7, 11) is 0. The van der Waals surface area contributed by atoms with Crippen LogP contribution < -0.4 is 10.9 Å². The number of benzene rings is 1. The van der Waals surface area contributed by atoms with Gasteiger partial charge in [0.05, 0.1) is 5.39 Å². The number of anilines is 1. The molecule has 0 aliphatic heterocycles. The second-order valence-electron chi connectivity index (χ2n) is 7.15. The van der Waals surface area contributed by atoms with Gasteiger partial charge in [-0.25, -0.2) is 0 Å². The topological polar surface area (TPSA) is 82.2 Å². The van der Waals surface area contributed by atoms with Gasteiger partial charge < -0.3 is 15.4 Å². The van der Waals surface area contributed by atoms with Gasteiger partial charge in [0.1, 0.15) is 16.1 Å². The monoisotopic (exact) mass is 402 g/mol. The molecule has 1 atom stereocenters. The van der Waals surface area contributed by atoms with Crippen LogP contribution in [0.1, 0.15) is 39.7 Å². The average Bonchev–Trinajstić information content (AvgIpc) is 2.94. The fraction of sp³-hybridized carbons (Fsp3) is 0.300. The van der Waals surface area contributed by atoms with Crippen LogP contribution in [0.5, 0.6) is 5.75 Å². The van der Waals surface area contributed by atoms with E-state index in [2.05, 4.69) is 17.2 Å². The molecule has 2 aromatic heterocycles. The maximum absolute atomic E-state index is 12.8. The van der Waals surface area contributed by atoms with Gasteiger partial charge in [-0.15, -0.1) is 11.3 Å². The number of carbonyl (C=O) groups excluding carboxylic acids is 1. The maximum atomic E-state index is 12.8. The van der Waals surface area contributed by atoms with Crippen molar-refractivity contribution in [2.75, 3.05) is 5.32 Å². The number of thiophene rings is 1. The van der Waals surface area contributed by atoms with Crippen LogP contribution in [0.3, 0.4) is 0 Å². The van der Waals surface area contributed by atoms with E-state index in [9.17, 15) is 14.7 Å². The molecular weight excluding hydrogens is 384 g/mol. The summed E-state index contributed by atoms with van der Waals surface area (Å²) in [5, 5.41) is 14.7. The minimum atomic E-state index is -0.634. The van der Waals surface area contributed by atoms with Crippen LogP contribution in [0.4, 0.5) is 5.69 Å². The standard InChI is InChI=1S/C20H19ClN2O3S/c1-9-3-5-12-14(7-9)27-20-15(12)17(24)16(19(26)23-20)18(25)22-13-6-4-11(21)8-10(13)2/h4,6,8-9H,3,5,7H2,1-2H3,(H,22,25)(H2,23,24,26)/t9-/m0/s1. The van der Waals surface area contributed by atoms with Crippen molar-refractivity contribution in [3.05, 3.63) is 55.1 Å². The van der Waals surface area contributed by atoms with Gasteiger partial charge >= 0.3 is 0 Å². The molecule has 0 radical (unpaired) electrons. The number of fused-ring (bicyclic) bond motifs is 3. The van der Waals surface area contributed by atoms with Crippen LogP contribution in [-0.2, 0) is 12.8 Å². The first-order valence-electron chi connectivity index (χ1n) is 8.82. The lowest BCUT2D eigenvalue weighted by atomic mass is 9.89. The number of amides is 1. The molecule has 0 unspecified atom stereocenters. The van der Waals surface area contributed by atoms with E-state index in [1.807, 2.05) is 6.92 Å². The molecule has 1 amide bonds. The molecule has 2 heterocycles. The Balaban J connectivity index is 1.79. The first-order chi connectivity index (χ1) is 12.8. The Morgan fingerprint density at radius 2 is 2.19 bits per heavy atom. The third-order valence-electron chi connectivity index (χ3n) is 5.10. The maximum Gasteiger partial charge on any atom is 0.265 e. The number of carbonyl (C=O) groups is 1. The lowest BCUT2D eigenvalue weighted by molar-refractivity contribution is 0.102. The second kappa shape index (κ2) is 6.69. The smallest absolute Gasteiger partial charge is 0.265 e. The summed E-state index contributed by atoms with van der Waals surface area (Å²) < 4.78 is 0. The van der Waals surface area contributed by atoms with Crippen molar-refractivity contribution < 1.29 is 9.90 Å². The fourth-order valence-corrected chi connectivity index (χ4v) is 5.28. The molecule has 4 rings (SSSR count). The van der Waals surface area contributed by atoms with E-state index in [0.717, 1.165) is 30.4 Å². The predicted octanol–water partition coefficient (Wildman–Crippen LogP) is 4.63. The third-order valence-corrected chi connectivity index (χ3v) is 6.51. The molecule has 3 aromatic rings. The zero-order valence-corrected chi connectivity index (χ0v) is 16.6. The van der Waals surface area contributed by atoms with Crippen molar-refractivity contribution in [1.29, 1.82) is 0 Å². The van der Waals surface area contributed by atoms with Gasteiger partial charge in [0.15, 0.2) is 0 Å². The molecule has 0 bridgehead atoms. The van der Waals surface area contributed by atoms with Gasteiger partial charge in [0, 0.05) is 15.6 Å². The third kappa shape index (κ3) is 3.13. The number of pyridine rings is 1. The molecule has 3 N–H and O–H groups in total. The van der Waals surface area contributed by atoms with Crippen LogP contribution in [0.2, 0.25) is 5.02 Å². The molecule has 1 aromatic carbocycles. The van der Waals surface area contributed by atoms with Crippen LogP contribution in [0.15, 0.2) is 23.0 Å². The second-order valence-corrected chi connectivity index (χ2v) is 8.69. The molecule has 1 aliphatic carbocycles. The summed E-state index contributed by atoms with van der Waals surface area (Å²) in [5.41, 5.74) is 1.53.